The Labute approximate surface area is 109 Å². The van der Waals surface area contributed by atoms with Crippen molar-refractivity contribution in [3.05, 3.63) is 24.3 Å². The van der Waals surface area contributed by atoms with Crippen LogP contribution < -0.4 is 0 Å². The van der Waals surface area contributed by atoms with Crippen molar-refractivity contribution in [3.63, 3.8) is 0 Å². The molecule has 0 unspecified atom stereocenters. The first kappa shape index (κ1) is 24.4. The number of rotatable bonds is 0. The largest absolute Gasteiger partial charge is 0.0810 e. The summed E-state index contributed by atoms with van der Waals surface area (Å²) in [6, 6.07) is 0. The van der Waals surface area contributed by atoms with E-state index >= 15 is 0 Å². The van der Waals surface area contributed by atoms with Crippen LogP contribution in [0.4, 0.5) is 0 Å². The van der Waals surface area contributed by atoms with Gasteiger partial charge in [0.2, 0.25) is 0 Å². The Bertz CT molecular complexity index is 221. The van der Waals surface area contributed by atoms with E-state index in [0.717, 1.165) is 11.8 Å². The van der Waals surface area contributed by atoms with Gasteiger partial charge in [-0.05, 0) is 18.3 Å². The molecule has 0 amide bonds. The van der Waals surface area contributed by atoms with Crippen LogP contribution in [-0.2, 0) is 39.7 Å². The molecule has 2 aliphatic rings. The molecular weight excluding hydrogens is 292 g/mol. The Morgan fingerprint density at radius 2 is 0.812 bits per heavy atom. The predicted octanol–water partition coefficient (Wildman–Crippen LogP) is 1.77. The van der Waals surface area contributed by atoms with Gasteiger partial charge in [-0.3, -0.25) is 0 Å². The Morgan fingerprint density at radius 3 is 0.875 bits per heavy atom. The minimum Gasteiger partial charge on any atom is -0.0810 e. The zero-order valence-electron chi connectivity index (χ0n) is 8.52. The van der Waals surface area contributed by atoms with Crippen LogP contribution in [0.3, 0.4) is 0 Å². The van der Waals surface area contributed by atoms with Crippen molar-refractivity contribution in [2.24, 2.45) is 11.8 Å². The summed E-state index contributed by atoms with van der Waals surface area (Å²) in [7, 11) is 0. The van der Waals surface area contributed by atoms with Gasteiger partial charge >= 0.3 is 45.2 Å². The summed E-state index contributed by atoms with van der Waals surface area (Å²) in [5, 5.41) is 0. The van der Waals surface area contributed by atoms with E-state index in [1.54, 1.807) is 0 Å². The van der Waals surface area contributed by atoms with Crippen molar-refractivity contribution in [1.29, 1.82) is 0 Å². The van der Waals surface area contributed by atoms with Crippen molar-refractivity contribution in [3.8, 4) is 26.6 Å². The van der Waals surface area contributed by atoms with E-state index in [0.29, 0.717) is 0 Å². The molecule has 0 spiro atoms. The zero-order chi connectivity index (χ0) is 12.7. The van der Waals surface area contributed by atoms with Crippen LogP contribution in [0.5, 0.6) is 0 Å². The Kier molecular flexibility index (Phi) is 36.2. The van der Waals surface area contributed by atoms with E-state index in [2.05, 4.69) is 50.9 Å². The summed E-state index contributed by atoms with van der Waals surface area (Å²) in [6.45, 7) is 13.0. The molecule has 0 aromatic heterocycles. The van der Waals surface area contributed by atoms with Gasteiger partial charge in [0.1, 0.15) is 0 Å². The molecule has 0 saturated heterocycles. The molecule has 0 heterocycles. The van der Waals surface area contributed by atoms with Crippen molar-refractivity contribution in [1.82, 2.24) is 0 Å². The zero-order valence-corrected chi connectivity index (χ0v) is 10.5. The molecule has 2 bridgehead atoms. The van der Waals surface area contributed by atoms with Gasteiger partial charge in [-0.25, -0.2) is 0 Å². The van der Waals surface area contributed by atoms with Gasteiger partial charge in [0.25, 0.3) is 0 Å². The van der Waals surface area contributed by atoms with Gasteiger partial charge < -0.3 is 0 Å². The number of fused-ring (bicyclic) bond motifs is 2. The second kappa shape index (κ2) is 23.7. The molecule has 0 radical (unpaired) electrons. The van der Waals surface area contributed by atoms with E-state index in [1.165, 1.54) is 6.42 Å². The summed E-state index contributed by atoms with van der Waals surface area (Å²) < 4.78 is 31.0. The van der Waals surface area contributed by atoms with Gasteiger partial charge in [0.05, 0.1) is 0 Å². The number of allylic oxidation sites excluding steroid dienone is 4. The van der Waals surface area contributed by atoms with Crippen molar-refractivity contribution in [2.45, 2.75) is 6.42 Å². The molecule has 0 fully saturated rings. The van der Waals surface area contributed by atoms with E-state index in [-0.39, 0.29) is 21.1 Å². The first-order valence-electron chi connectivity index (χ1n) is 3.76. The van der Waals surface area contributed by atoms with Gasteiger partial charge in [0, 0.05) is 21.1 Å². The van der Waals surface area contributed by atoms with Crippen LogP contribution in [0.25, 0.3) is 0 Å². The average Bonchev–Trinajstić information content (AvgIpc) is 3.04. The average molecular weight is 304 g/mol. The van der Waals surface area contributed by atoms with E-state index in [4.69, 9.17) is 18.6 Å². The fourth-order valence-corrected chi connectivity index (χ4v) is 1.33. The molecule has 0 saturated carbocycles. The van der Waals surface area contributed by atoms with Gasteiger partial charge in [-0.15, -0.1) is 0 Å². The van der Waals surface area contributed by atoms with Crippen LogP contribution in [-0.4, -0.2) is 0 Å². The fraction of sp³-hybridized carbons (Fsp3) is 0.273. The number of hydrogen-bond donors (Lipinski definition) is 0. The molecule has 0 aromatic rings. The summed E-state index contributed by atoms with van der Waals surface area (Å²) in [5.74, 6) is 1.62. The van der Waals surface area contributed by atoms with Crippen molar-refractivity contribution in [2.75, 3.05) is 0 Å². The van der Waals surface area contributed by atoms with Crippen LogP contribution >= 0.6 is 0 Å². The summed E-state index contributed by atoms with van der Waals surface area (Å²) in [5.41, 5.74) is 0. The Morgan fingerprint density at radius 1 is 0.625 bits per heavy atom. The second-order valence-corrected chi connectivity index (χ2v) is 2.33. The molecule has 0 aromatic carbocycles. The maximum atomic E-state index is 7.75. The topological polar surface area (TPSA) is 79.6 Å². The van der Waals surface area contributed by atoms with Gasteiger partial charge in [-0.2, -0.15) is 0 Å². The third kappa shape index (κ3) is 11.2. The molecule has 0 atom stereocenters. The van der Waals surface area contributed by atoms with Crippen molar-refractivity contribution < 1.29 is 39.7 Å². The van der Waals surface area contributed by atoms with Crippen LogP contribution in [0.15, 0.2) is 24.3 Å². The standard InChI is InChI=1S/C7H8.4CHO.Mo/c1-2-7-4-3-6(1)5-7;4*1-2;/h1-4,6-7H,5H2;4*1H;/q;4*+1;. The third-order valence-electron chi connectivity index (χ3n) is 1.76. The Balaban J connectivity index is -0.0000000705. The summed E-state index contributed by atoms with van der Waals surface area (Å²) in [6.07, 6.45) is 10.5. The molecule has 2 rings (SSSR count). The molecule has 5 heteroatoms. The predicted molar refractivity (Wildman–Crippen MR) is 52.4 cm³/mol. The molecular formula is C11H12MoO4+4. The quantitative estimate of drug-likeness (QED) is 0.371. The maximum Gasteiger partial charge on any atom is 0 e. The molecule has 16 heavy (non-hydrogen) atoms. The first-order chi connectivity index (χ1) is 7.45. The smallest absolute Gasteiger partial charge is 0 e. The van der Waals surface area contributed by atoms with Crippen LogP contribution in [0, 0.1) is 38.4 Å². The fourth-order valence-electron chi connectivity index (χ4n) is 1.33. The first-order valence-corrected chi connectivity index (χ1v) is 3.76. The Hall–Kier alpha value is -0.872. The minimum atomic E-state index is 0. The van der Waals surface area contributed by atoms with Crippen molar-refractivity contribution >= 4 is 0 Å². The van der Waals surface area contributed by atoms with E-state index in [9.17, 15) is 0 Å². The molecule has 82 valence electrons. The molecule has 4 nitrogen and oxygen atoms in total. The normalized spacial score (nSPS) is 19.5. The van der Waals surface area contributed by atoms with Crippen LogP contribution in [0.1, 0.15) is 6.42 Å². The van der Waals surface area contributed by atoms with E-state index in [1.807, 2.05) is 0 Å². The van der Waals surface area contributed by atoms with Gasteiger partial charge in [0.15, 0.2) is 0 Å². The van der Waals surface area contributed by atoms with E-state index < -0.39 is 0 Å². The molecule has 0 N–H and O–H groups in total. The monoisotopic (exact) mass is 306 g/mol. The third-order valence-corrected chi connectivity index (χ3v) is 1.76. The molecule has 0 aliphatic heterocycles. The second-order valence-electron chi connectivity index (χ2n) is 2.33. The maximum absolute atomic E-state index is 7.75. The number of hydrogen-bond acceptors (Lipinski definition) is 0. The van der Waals surface area contributed by atoms with Gasteiger partial charge in [-0.1, -0.05) is 24.3 Å². The van der Waals surface area contributed by atoms with Crippen LogP contribution in [0.2, 0.25) is 0 Å². The summed E-state index contributed by atoms with van der Waals surface area (Å²) in [4.78, 5) is 0. The summed E-state index contributed by atoms with van der Waals surface area (Å²) >= 11 is 0. The minimum absolute atomic E-state index is 0. The molecule has 2 aliphatic carbocycles. The SMILES string of the molecule is C#[O+].C#[O+].C#[O+].C#[O+].C1=CC2C=CC1C2.[Mo].